The highest BCUT2D eigenvalue weighted by atomic mass is 19.1. The molecule has 0 radical (unpaired) electrons. The van der Waals surface area contributed by atoms with Gasteiger partial charge in [0, 0.05) is 19.2 Å². The molecule has 1 fully saturated rings. The molecule has 7 heteroatoms. The smallest absolute Gasteiger partial charge is 0.244 e. The van der Waals surface area contributed by atoms with Crippen LogP contribution in [0.15, 0.2) is 54.6 Å². The molecule has 3 aromatic carbocycles. The number of hydrogen-bond acceptors (Lipinski definition) is 5. The summed E-state index contributed by atoms with van der Waals surface area (Å²) in [6.45, 7) is 1.96. The Kier molecular flexibility index (Phi) is 9.18. The van der Waals surface area contributed by atoms with Crippen LogP contribution in [0.4, 0.5) is 4.39 Å². The quantitative estimate of drug-likeness (QED) is 0.568. The lowest BCUT2D eigenvalue weighted by Crippen LogP contribution is -2.40. The molecule has 1 amide bonds. The van der Waals surface area contributed by atoms with Gasteiger partial charge < -0.3 is 15.0 Å². The minimum atomic E-state index is -0.473. The van der Waals surface area contributed by atoms with E-state index in [0.717, 1.165) is 47.8 Å². The van der Waals surface area contributed by atoms with Crippen molar-refractivity contribution >= 4 is 16.7 Å². The molecule has 1 heterocycles. The van der Waals surface area contributed by atoms with E-state index in [1.165, 1.54) is 12.1 Å². The number of nitriles is 1. The zero-order valence-corrected chi connectivity index (χ0v) is 20.8. The van der Waals surface area contributed by atoms with Gasteiger partial charge in [0.1, 0.15) is 23.7 Å². The number of amides is 1. The summed E-state index contributed by atoms with van der Waals surface area (Å²) in [7, 11) is 7.06. The number of fused-ring (bicyclic) bond motifs is 1. The van der Waals surface area contributed by atoms with Gasteiger partial charge in [0.25, 0.3) is 0 Å². The van der Waals surface area contributed by atoms with Crippen molar-refractivity contribution in [2.75, 3.05) is 41.3 Å². The molecule has 1 aliphatic heterocycles. The predicted octanol–water partition coefficient (Wildman–Crippen LogP) is 4.49. The predicted molar refractivity (Wildman–Crippen MR) is 137 cm³/mol. The first-order chi connectivity index (χ1) is 16.9. The Morgan fingerprint density at radius 1 is 1.17 bits per heavy atom. The summed E-state index contributed by atoms with van der Waals surface area (Å²) in [5, 5.41) is 14.3. The van der Waals surface area contributed by atoms with E-state index in [2.05, 4.69) is 16.3 Å². The van der Waals surface area contributed by atoms with Crippen molar-refractivity contribution in [1.29, 1.82) is 5.26 Å². The second-order valence-corrected chi connectivity index (χ2v) is 8.66. The SMILES string of the molecule is CNC.COc1c(C#N)cc2ccccc2c1CN(C)C(=O)C(c1ccc(F)cc1)N1CCCC1. The third-order valence-electron chi connectivity index (χ3n) is 6.13. The molecule has 1 saturated heterocycles. The van der Waals surface area contributed by atoms with E-state index < -0.39 is 6.04 Å². The highest BCUT2D eigenvalue weighted by Gasteiger charge is 2.32. The zero-order chi connectivity index (χ0) is 25.4. The minimum Gasteiger partial charge on any atom is -0.495 e. The van der Waals surface area contributed by atoms with Crippen LogP contribution in [-0.4, -0.2) is 57.0 Å². The lowest BCUT2D eigenvalue weighted by atomic mass is 9.98. The van der Waals surface area contributed by atoms with Crippen LogP contribution >= 0.6 is 0 Å². The van der Waals surface area contributed by atoms with Gasteiger partial charge in [-0.25, -0.2) is 4.39 Å². The Labute approximate surface area is 206 Å². The summed E-state index contributed by atoms with van der Waals surface area (Å²) in [5.41, 5.74) is 2.03. The van der Waals surface area contributed by atoms with Crippen molar-refractivity contribution in [3.8, 4) is 11.8 Å². The summed E-state index contributed by atoms with van der Waals surface area (Å²) >= 11 is 0. The summed E-state index contributed by atoms with van der Waals surface area (Å²) in [6, 6.07) is 17.5. The molecule has 0 aromatic heterocycles. The lowest BCUT2D eigenvalue weighted by Gasteiger charge is -2.31. The maximum Gasteiger partial charge on any atom is 0.244 e. The monoisotopic (exact) mass is 476 g/mol. The van der Waals surface area contributed by atoms with Crippen LogP contribution in [0, 0.1) is 17.1 Å². The van der Waals surface area contributed by atoms with Crippen molar-refractivity contribution in [1.82, 2.24) is 15.1 Å². The van der Waals surface area contributed by atoms with Gasteiger partial charge in [0.15, 0.2) is 0 Å². The van der Waals surface area contributed by atoms with Crippen molar-refractivity contribution in [2.24, 2.45) is 0 Å². The maximum absolute atomic E-state index is 13.7. The molecule has 1 atom stereocenters. The van der Waals surface area contributed by atoms with Gasteiger partial charge in [0.2, 0.25) is 5.91 Å². The Balaban J connectivity index is 0.00000108. The molecular weight excluding hydrogens is 443 g/mol. The van der Waals surface area contributed by atoms with E-state index in [4.69, 9.17) is 4.74 Å². The maximum atomic E-state index is 13.7. The fourth-order valence-electron chi connectivity index (χ4n) is 4.56. The molecule has 0 aliphatic carbocycles. The van der Waals surface area contributed by atoms with E-state index in [-0.39, 0.29) is 11.7 Å². The van der Waals surface area contributed by atoms with Gasteiger partial charge in [-0.15, -0.1) is 0 Å². The second-order valence-electron chi connectivity index (χ2n) is 8.66. The fraction of sp³-hybridized carbons (Fsp3) is 0.357. The number of halogens is 1. The average Bonchev–Trinajstić information content (AvgIpc) is 3.39. The summed E-state index contributed by atoms with van der Waals surface area (Å²) < 4.78 is 19.1. The van der Waals surface area contributed by atoms with Crippen molar-refractivity contribution < 1.29 is 13.9 Å². The number of likely N-dealkylation sites (tertiary alicyclic amines) is 1. The number of carbonyl (C=O) groups excluding carboxylic acids is 1. The highest BCUT2D eigenvalue weighted by Crippen LogP contribution is 2.34. The van der Waals surface area contributed by atoms with Crippen LogP contribution < -0.4 is 10.1 Å². The topological polar surface area (TPSA) is 68.6 Å². The van der Waals surface area contributed by atoms with Gasteiger partial charge >= 0.3 is 0 Å². The van der Waals surface area contributed by atoms with Crippen LogP contribution in [0.1, 0.15) is 35.6 Å². The van der Waals surface area contributed by atoms with Gasteiger partial charge in [-0.1, -0.05) is 36.4 Å². The Morgan fingerprint density at radius 3 is 2.40 bits per heavy atom. The Bertz CT molecular complexity index is 1180. The van der Waals surface area contributed by atoms with E-state index >= 15 is 0 Å². The van der Waals surface area contributed by atoms with E-state index in [1.54, 1.807) is 31.2 Å². The lowest BCUT2D eigenvalue weighted by molar-refractivity contribution is -0.136. The summed E-state index contributed by atoms with van der Waals surface area (Å²) in [6.07, 6.45) is 2.08. The van der Waals surface area contributed by atoms with Crippen LogP contribution in [0.25, 0.3) is 10.8 Å². The van der Waals surface area contributed by atoms with Gasteiger partial charge in [-0.2, -0.15) is 5.26 Å². The molecule has 0 bridgehead atoms. The largest absolute Gasteiger partial charge is 0.495 e. The number of hydrogen-bond donors (Lipinski definition) is 1. The Hall–Kier alpha value is -3.47. The molecule has 6 nitrogen and oxygen atoms in total. The van der Waals surface area contributed by atoms with Crippen molar-refractivity contribution in [3.05, 3.63) is 77.1 Å². The highest BCUT2D eigenvalue weighted by molar-refractivity contribution is 5.91. The molecule has 0 saturated carbocycles. The third-order valence-corrected chi connectivity index (χ3v) is 6.13. The number of methoxy groups -OCH3 is 1. The van der Waals surface area contributed by atoms with Gasteiger partial charge in [0.05, 0.1) is 12.7 Å². The Morgan fingerprint density at radius 2 is 1.80 bits per heavy atom. The number of rotatable bonds is 6. The molecule has 184 valence electrons. The first-order valence-corrected chi connectivity index (χ1v) is 11.8. The number of carbonyl (C=O) groups is 1. The van der Waals surface area contributed by atoms with Crippen molar-refractivity contribution in [2.45, 2.75) is 25.4 Å². The zero-order valence-electron chi connectivity index (χ0n) is 20.8. The first kappa shape index (κ1) is 26.1. The number of likely N-dealkylation sites (N-methyl/N-ethyl adjacent to an activating group) is 1. The molecule has 4 rings (SSSR count). The third kappa shape index (κ3) is 5.97. The van der Waals surface area contributed by atoms with Crippen LogP contribution in [0.2, 0.25) is 0 Å². The number of ether oxygens (including phenoxy) is 1. The fourth-order valence-corrected chi connectivity index (χ4v) is 4.56. The molecule has 1 unspecified atom stereocenters. The van der Waals surface area contributed by atoms with Crippen LogP contribution in [0.3, 0.4) is 0 Å². The summed E-state index contributed by atoms with van der Waals surface area (Å²) in [5.74, 6) is 0.108. The van der Waals surface area contributed by atoms with Crippen LogP contribution in [-0.2, 0) is 11.3 Å². The number of benzene rings is 3. The molecule has 35 heavy (non-hydrogen) atoms. The van der Waals surface area contributed by atoms with Gasteiger partial charge in [-0.05, 0) is 74.6 Å². The van der Waals surface area contributed by atoms with E-state index in [0.29, 0.717) is 17.9 Å². The van der Waals surface area contributed by atoms with Crippen LogP contribution in [0.5, 0.6) is 5.75 Å². The van der Waals surface area contributed by atoms with E-state index in [9.17, 15) is 14.4 Å². The molecule has 0 spiro atoms. The minimum absolute atomic E-state index is 0.0630. The number of nitrogens with zero attached hydrogens (tertiary/aromatic N) is 3. The molecule has 1 aliphatic rings. The number of nitrogens with one attached hydrogen (secondary N) is 1. The first-order valence-electron chi connectivity index (χ1n) is 11.8. The molecule has 3 aromatic rings. The van der Waals surface area contributed by atoms with Gasteiger partial charge in [-0.3, -0.25) is 9.69 Å². The van der Waals surface area contributed by atoms with E-state index in [1.807, 2.05) is 44.4 Å². The average molecular weight is 477 g/mol. The van der Waals surface area contributed by atoms with Crippen molar-refractivity contribution in [3.63, 3.8) is 0 Å². The molecule has 1 N–H and O–H groups in total. The molecular formula is C28H33FN4O2. The second kappa shape index (κ2) is 12.3. The summed E-state index contributed by atoms with van der Waals surface area (Å²) in [4.78, 5) is 17.5. The standard InChI is InChI=1S/C26H26FN3O2.C2H7N/c1-29(17-23-22-8-4-3-7-19(22)15-20(16-28)25(23)32-2)26(31)24(30-13-5-6-14-30)18-9-11-21(27)12-10-18;1-3-2/h3-4,7-12,15,24H,5-6,13-14,17H2,1-2H3;3H,1-2H3. The normalized spacial score (nSPS) is 14.1.